The van der Waals surface area contributed by atoms with Gasteiger partial charge in [-0.1, -0.05) is 20.8 Å². The molecule has 3 aromatic heterocycles. The highest BCUT2D eigenvalue weighted by atomic mass is 16.4. The SMILES string of the molecule is CCCNCc1c(C)c2cc3nc(c(C)c4nc(cc5[nH]c(cc1[nH]2)c(C)c5CC)C(C)=C4C(=O)O)[C@@H](CCC(=O)O)[C@@H]3C. The number of carboxylic acid groups (broad SMARTS) is 2. The third-order valence-corrected chi connectivity index (χ3v) is 9.37. The van der Waals surface area contributed by atoms with Gasteiger partial charge in [0.05, 0.1) is 17.0 Å². The van der Waals surface area contributed by atoms with Crippen LogP contribution >= 0.6 is 0 Å². The Kier molecular flexibility index (Phi) is 8.79. The summed E-state index contributed by atoms with van der Waals surface area (Å²) in [4.78, 5) is 41.5. The van der Waals surface area contributed by atoms with Crippen LogP contribution in [0.2, 0.25) is 0 Å². The van der Waals surface area contributed by atoms with Gasteiger partial charge in [-0.3, -0.25) is 9.78 Å². The van der Waals surface area contributed by atoms with Crippen LogP contribution in [0.15, 0.2) is 18.2 Å². The maximum Gasteiger partial charge on any atom is 0.338 e. The average Bonchev–Trinajstić information content (AvgIpc) is 3.65. The maximum absolute atomic E-state index is 12.6. The number of aryl methyl sites for hydroxylation is 3. The molecule has 0 unspecified atom stereocenters. The van der Waals surface area contributed by atoms with Crippen molar-refractivity contribution >= 4 is 45.2 Å². The van der Waals surface area contributed by atoms with Crippen molar-refractivity contribution in [3.05, 3.63) is 68.8 Å². The Hall–Kier alpha value is -4.24. The lowest BCUT2D eigenvalue weighted by Crippen LogP contribution is -2.14. The van der Waals surface area contributed by atoms with Crippen LogP contribution in [0.5, 0.6) is 0 Å². The molecule has 44 heavy (non-hydrogen) atoms. The first-order chi connectivity index (χ1) is 21.0. The molecule has 9 heteroatoms. The monoisotopic (exact) mass is 597 g/mol. The van der Waals surface area contributed by atoms with Crippen molar-refractivity contribution in [2.24, 2.45) is 0 Å². The standard InChI is InChI=1S/C35H43N5O4/c1-8-12-36-16-24-19(5)25-13-27-18(4)23(10-11-31(41)42)33(39-27)21(7)34-32(35(43)44)20(6)28(40-34)15-29-22(9-2)17(3)26(37-29)14-30(24)38-25/h13-15,18,23,36-38H,8-12,16H2,1-7H3,(H,41,42)(H,43,44)/t18-,23-/m0/s1. The zero-order valence-electron chi connectivity index (χ0n) is 26.7. The number of nitrogens with zero attached hydrogens (tertiary/aromatic N) is 2. The molecule has 0 saturated carbocycles. The van der Waals surface area contributed by atoms with E-state index in [1.807, 2.05) is 13.0 Å². The third kappa shape index (κ3) is 5.56. The predicted molar refractivity (Wildman–Crippen MR) is 175 cm³/mol. The molecule has 2 aliphatic heterocycles. The Balaban J connectivity index is 1.94. The number of carbonyl (C=O) groups is 2. The van der Waals surface area contributed by atoms with Crippen LogP contribution in [0.1, 0.15) is 109 Å². The molecule has 5 rings (SSSR count). The fraction of sp³-hybridized carbons (Fsp3) is 0.429. The molecule has 8 bridgehead atoms. The van der Waals surface area contributed by atoms with Crippen molar-refractivity contribution in [1.29, 1.82) is 0 Å². The summed E-state index contributed by atoms with van der Waals surface area (Å²) in [6.07, 6.45) is 2.23. The van der Waals surface area contributed by atoms with Crippen LogP contribution in [-0.2, 0) is 22.6 Å². The Morgan fingerprint density at radius 1 is 0.886 bits per heavy atom. The van der Waals surface area contributed by atoms with E-state index in [0.29, 0.717) is 34.6 Å². The number of aromatic amines is 2. The summed E-state index contributed by atoms with van der Waals surface area (Å²) in [5.41, 5.74) is 12.4. The molecule has 5 heterocycles. The predicted octanol–water partition coefficient (Wildman–Crippen LogP) is 7.07. The fourth-order valence-electron chi connectivity index (χ4n) is 6.71. The molecule has 5 N–H and O–H groups in total. The number of aliphatic carboxylic acids is 2. The van der Waals surface area contributed by atoms with Gasteiger partial charge in [0.15, 0.2) is 0 Å². The van der Waals surface area contributed by atoms with Crippen LogP contribution in [-0.4, -0.2) is 48.6 Å². The van der Waals surface area contributed by atoms with Gasteiger partial charge in [-0.2, -0.15) is 0 Å². The Bertz CT molecular complexity index is 1850. The molecule has 2 aliphatic rings. The quantitative estimate of drug-likeness (QED) is 0.166. The molecule has 9 nitrogen and oxygen atoms in total. The van der Waals surface area contributed by atoms with E-state index in [9.17, 15) is 19.8 Å². The van der Waals surface area contributed by atoms with E-state index in [1.54, 1.807) is 6.92 Å². The number of nitrogens with one attached hydrogen (secondary N) is 3. The van der Waals surface area contributed by atoms with Gasteiger partial charge in [0.1, 0.15) is 0 Å². The normalized spacial score (nSPS) is 16.5. The summed E-state index contributed by atoms with van der Waals surface area (Å²) in [6.45, 7) is 15.9. The van der Waals surface area contributed by atoms with Gasteiger partial charge in [-0.15, -0.1) is 0 Å². The maximum atomic E-state index is 12.6. The topological polar surface area (TPSA) is 144 Å². The van der Waals surface area contributed by atoms with Crippen LogP contribution in [0.4, 0.5) is 0 Å². The second kappa shape index (κ2) is 12.4. The number of fused-ring (bicyclic) bond motifs is 8. The Morgan fingerprint density at radius 3 is 2.18 bits per heavy atom. The molecule has 0 spiro atoms. The minimum absolute atomic E-state index is 0.00512. The molecule has 0 saturated heterocycles. The molecule has 3 aromatic rings. The lowest BCUT2D eigenvalue weighted by molar-refractivity contribution is -0.137. The number of H-pyrrole nitrogens is 2. The second-order valence-corrected chi connectivity index (χ2v) is 12.1. The molecular formula is C35H43N5O4. The molecular weight excluding hydrogens is 554 g/mol. The number of hydrogen-bond acceptors (Lipinski definition) is 5. The minimum Gasteiger partial charge on any atom is -0.481 e. The van der Waals surface area contributed by atoms with Crippen molar-refractivity contribution in [2.45, 2.75) is 92.5 Å². The number of aromatic nitrogens is 4. The van der Waals surface area contributed by atoms with Crippen LogP contribution < -0.4 is 5.32 Å². The first-order valence-corrected chi connectivity index (χ1v) is 15.6. The van der Waals surface area contributed by atoms with E-state index in [1.165, 1.54) is 5.56 Å². The van der Waals surface area contributed by atoms with Crippen molar-refractivity contribution in [3.63, 3.8) is 0 Å². The van der Waals surface area contributed by atoms with Crippen molar-refractivity contribution in [3.8, 4) is 0 Å². The molecule has 0 aliphatic carbocycles. The highest BCUT2D eigenvalue weighted by Crippen LogP contribution is 2.43. The lowest BCUT2D eigenvalue weighted by atomic mass is 9.85. The molecule has 0 amide bonds. The van der Waals surface area contributed by atoms with Gasteiger partial charge in [-0.25, -0.2) is 9.78 Å². The Labute approximate surface area is 257 Å². The summed E-state index contributed by atoms with van der Waals surface area (Å²) >= 11 is 0. The summed E-state index contributed by atoms with van der Waals surface area (Å²) in [5.74, 6) is -2.17. The van der Waals surface area contributed by atoms with Crippen LogP contribution in [0.3, 0.4) is 0 Å². The van der Waals surface area contributed by atoms with E-state index in [4.69, 9.17) is 9.97 Å². The van der Waals surface area contributed by atoms with Gasteiger partial charge in [-0.05, 0) is 105 Å². The van der Waals surface area contributed by atoms with Crippen molar-refractivity contribution < 1.29 is 19.8 Å². The van der Waals surface area contributed by atoms with E-state index in [0.717, 1.165) is 70.4 Å². The Morgan fingerprint density at radius 2 is 1.55 bits per heavy atom. The van der Waals surface area contributed by atoms with E-state index in [2.05, 4.69) is 62.0 Å². The largest absolute Gasteiger partial charge is 0.481 e. The zero-order valence-corrected chi connectivity index (χ0v) is 26.7. The lowest BCUT2D eigenvalue weighted by Gasteiger charge is -2.16. The van der Waals surface area contributed by atoms with Crippen LogP contribution in [0, 0.1) is 20.8 Å². The molecule has 0 radical (unpaired) electrons. The molecule has 0 fully saturated rings. The fourth-order valence-corrected chi connectivity index (χ4v) is 6.71. The molecule has 0 aromatic carbocycles. The molecule has 2 atom stereocenters. The average molecular weight is 598 g/mol. The van der Waals surface area contributed by atoms with Crippen molar-refractivity contribution in [1.82, 2.24) is 25.3 Å². The summed E-state index contributed by atoms with van der Waals surface area (Å²) in [5, 5.41) is 23.4. The summed E-state index contributed by atoms with van der Waals surface area (Å²) in [6, 6.07) is 6.19. The first kappa shape index (κ1) is 31.2. The van der Waals surface area contributed by atoms with Gasteiger partial charge in [0, 0.05) is 58.3 Å². The van der Waals surface area contributed by atoms with E-state index >= 15 is 0 Å². The zero-order chi connectivity index (χ0) is 31.9. The van der Waals surface area contributed by atoms with Crippen molar-refractivity contribution in [2.75, 3.05) is 6.54 Å². The number of allylic oxidation sites excluding steroid dienone is 1. The van der Waals surface area contributed by atoms with Gasteiger partial charge < -0.3 is 25.5 Å². The number of hydrogen-bond donors (Lipinski definition) is 5. The first-order valence-electron chi connectivity index (χ1n) is 15.6. The smallest absolute Gasteiger partial charge is 0.338 e. The number of rotatable bonds is 9. The van der Waals surface area contributed by atoms with Gasteiger partial charge in [0.25, 0.3) is 0 Å². The molecule has 232 valence electrons. The summed E-state index contributed by atoms with van der Waals surface area (Å²) in [7, 11) is 0. The van der Waals surface area contributed by atoms with Gasteiger partial charge in [0.2, 0.25) is 0 Å². The van der Waals surface area contributed by atoms with Crippen LogP contribution in [0.25, 0.3) is 33.2 Å². The van der Waals surface area contributed by atoms with Gasteiger partial charge >= 0.3 is 11.9 Å². The van der Waals surface area contributed by atoms with E-state index in [-0.39, 0.29) is 23.8 Å². The minimum atomic E-state index is -1.04. The second-order valence-electron chi connectivity index (χ2n) is 12.1. The highest BCUT2D eigenvalue weighted by Gasteiger charge is 2.33. The number of carboxylic acids is 2. The highest BCUT2D eigenvalue weighted by molar-refractivity contribution is 6.24. The van der Waals surface area contributed by atoms with E-state index < -0.39 is 11.9 Å². The summed E-state index contributed by atoms with van der Waals surface area (Å²) < 4.78 is 0. The third-order valence-electron chi connectivity index (χ3n) is 9.37.